The van der Waals surface area contributed by atoms with E-state index < -0.39 is 18.5 Å². The van der Waals surface area contributed by atoms with Gasteiger partial charge in [0.25, 0.3) is 11.8 Å². The van der Waals surface area contributed by atoms with Crippen LogP contribution >= 0.6 is 11.3 Å². The Bertz CT molecular complexity index is 745. The zero-order valence-electron chi connectivity index (χ0n) is 13.6. The molecule has 2 N–H and O–H groups in total. The second-order valence-electron chi connectivity index (χ2n) is 5.19. The molecule has 1 aromatic carbocycles. The van der Waals surface area contributed by atoms with E-state index in [1.165, 1.54) is 17.0 Å². The summed E-state index contributed by atoms with van der Waals surface area (Å²) in [5, 5.41) is 3.87. The van der Waals surface area contributed by atoms with Crippen LogP contribution in [0, 0.1) is 0 Å². The molecule has 0 atom stereocenters. The molecule has 0 aliphatic rings. The smallest absolute Gasteiger partial charge is 0.344 e. The SMILES string of the molecule is CN(Cc1ccsc1)C(=O)COC(=O)COc1ccccc1C(N)=O. The molecule has 0 saturated carbocycles. The Hall–Kier alpha value is -2.87. The second kappa shape index (κ2) is 8.84. The molecule has 7 nitrogen and oxygen atoms in total. The third-order valence-corrected chi connectivity index (χ3v) is 4.01. The van der Waals surface area contributed by atoms with Gasteiger partial charge in [-0.1, -0.05) is 12.1 Å². The van der Waals surface area contributed by atoms with Gasteiger partial charge < -0.3 is 20.1 Å². The largest absolute Gasteiger partial charge is 0.481 e. The summed E-state index contributed by atoms with van der Waals surface area (Å²) in [6.45, 7) is -0.353. The first-order chi connectivity index (χ1) is 12.0. The van der Waals surface area contributed by atoms with Crippen molar-refractivity contribution in [3.8, 4) is 5.75 Å². The van der Waals surface area contributed by atoms with E-state index in [1.807, 2.05) is 16.8 Å². The number of rotatable bonds is 8. The van der Waals surface area contributed by atoms with Crippen molar-refractivity contribution in [1.29, 1.82) is 0 Å². The number of carbonyl (C=O) groups excluding carboxylic acids is 3. The van der Waals surface area contributed by atoms with E-state index in [0.29, 0.717) is 6.54 Å². The Morgan fingerprint density at radius 3 is 2.60 bits per heavy atom. The minimum atomic E-state index is -0.712. The van der Waals surface area contributed by atoms with Crippen LogP contribution in [0.5, 0.6) is 5.75 Å². The number of carbonyl (C=O) groups is 3. The van der Waals surface area contributed by atoms with E-state index >= 15 is 0 Å². The summed E-state index contributed by atoms with van der Waals surface area (Å²) in [5.41, 5.74) is 6.40. The summed E-state index contributed by atoms with van der Waals surface area (Å²) >= 11 is 1.55. The predicted octanol–water partition coefficient (Wildman–Crippen LogP) is 1.43. The van der Waals surface area contributed by atoms with Crippen LogP contribution in [-0.4, -0.2) is 42.9 Å². The van der Waals surface area contributed by atoms with Crippen LogP contribution in [0.2, 0.25) is 0 Å². The van der Waals surface area contributed by atoms with Crippen LogP contribution in [0.4, 0.5) is 0 Å². The summed E-state index contributed by atoms with van der Waals surface area (Å²) in [7, 11) is 1.63. The minimum absolute atomic E-state index is 0.168. The molecule has 2 amide bonds. The van der Waals surface area contributed by atoms with Crippen molar-refractivity contribution in [2.24, 2.45) is 5.73 Å². The van der Waals surface area contributed by atoms with Crippen molar-refractivity contribution < 1.29 is 23.9 Å². The molecule has 2 rings (SSSR count). The molecule has 0 fully saturated rings. The number of nitrogens with two attached hydrogens (primary N) is 1. The molecule has 0 saturated heterocycles. The summed E-state index contributed by atoms with van der Waals surface area (Å²) in [6.07, 6.45) is 0. The van der Waals surface area contributed by atoms with Crippen molar-refractivity contribution in [3.05, 3.63) is 52.2 Å². The molecule has 0 aliphatic heterocycles. The number of hydrogen-bond acceptors (Lipinski definition) is 6. The van der Waals surface area contributed by atoms with Crippen LogP contribution in [0.25, 0.3) is 0 Å². The number of thiophene rings is 1. The quantitative estimate of drug-likeness (QED) is 0.716. The van der Waals surface area contributed by atoms with Gasteiger partial charge in [0, 0.05) is 13.6 Å². The zero-order valence-corrected chi connectivity index (χ0v) is 14.5. The van der Waals surface area contributed by atoms with Crippen LogP contribution in [0.3, 0.4) is 0 Å². The molecule has 1 heterocycles. The van der Waals surface area contributed by atoms with E-state index in [0.717, 1.165) is 5.56 Å². The maximum absolute atomic E-state index is 11.9. The van der Waals surface area contributed by atoms with Gasteiger partial charge in [0.2, 0.25) is 0 Å². The van der Waals surface area contributed by atoms with Crippen LogP contribution < -0.4 is 10.5 Å². The molecule has 0 aliphatic carbocycles. The first-order valence-electron chi connectivity index (χ1n) is 7.39. The van der Waals surface area contributed by atoms with Gasteiger partial charge in [-0.3, -0.25) is 9.59 Å². The number of esters is 1. The van der Waals surface area contributed by atoms with Gasteiger partial charge in [0.15, 0.2) is 13.2 Å². The lowest BCUT2D eigenvalue weighted by molar-refractivity contribution is -0.153. The third kappa shape index (κ3) is 5.61. The van der Waals surface area contributed by atoms with E-state index in [2.05, 4.69) is 0 Å². The monoisotopic (exact) mass is 362 g/mol. The summed E-state index contributed by atoms with van der Waals surface area (Å²) < 4.78 is 10.1. The van der Waals surface area contributed by atoms with Gasteiger partial charge >= 0.3 is 5.97 Å². The fraction of sp³-hybridized carbons (Fsp3) is 0.235. The number of amides is 2. The molecule has 0 spiro atoms. The molecule has 0 unspecified atom stereocenters. The molecule has 0 radical (unpaired) electrons. The summed E-state index contributed by atoms with van der Waals surface area (Å²) in [5.74, 6) is -1.50. The van der Waals surface area contributed by atoms with Crippen molar-refractivity contribution in [2.45, 2.75) is 6.54 Å². The van der Waals surface area contributed by atoms with E-state index in [9.17, 15) is 14.4 Å². The topological polar surface area (TPSA) is 98.9 Å². The number of likely N-dealkylation sites (N-methyl/N-ethyl adjacent to an activating group) is 1. The number of nitrogens with zero attached hydrogens (tertiary/aromatic N) is 1. The van der Waals surface area contributed by atoms with Crippen molar-refractivity contribution in [2.75, 3.05) is 20.3 Å². The Kier molecular flexibility index (Phi) is 6.53. The number of para-hydroxylation sites is 1. The van der Waals surface area contributed by atoms with Gasteiger partial charge in [-0.15, -0.1) is 0 Å². The highest BCUT2D eigenvalue weighted by Gasteiger charge is 2.14. The van der Waals surface area contributed by atoms with Gasteiger partial charge in [0.05, 0.1) is 5.56 Å². The highest BCUT2D eigenvalue weighted by Crippen LogP contribution is 2.17. The average molecular weight is 362 g/mol. The van der Waals surface area contributed by atoms with Crippen LogP contribution in [0.15, 0.2) is 41.1 Å². The number of benzene rings is 1. The van der Waals surface area contributed by atoms with E-state index in [-0.39, 0.29) is 23.8 Å². The maximum Gasteiger partial charge on any atom is 0.344 e. The molecule has 0 bridgehead atoms. The lowest BCUT2D eigenvalue weighted by Gasteiger charge is -2.16. The van der Waals surface area contributed by atoms with Crippen LogP contribution in [0.1, 0.15) is 15.9 Å². The van der Waals surface area contributed by atoms with Crippen molar-refractivity contribution in [1.82, 2.24) is 4.90 Å². The summed E-state index contributed by atoms with van der Waals surface area (Å²) in [4.78, 5) is 36.4. The molecular weight excluding hydrogens is 344 g/mol. The third-order valence-electron chi connectivity index (χ3n) is 3.28. The molecule has 8 heteroatoms. The Labute approximate surface area is 148 Å². The first-order valence-corrected chi connectivity index (χ1v) is 8.34. The Morgan fingerprint density at radius 2 is 1.92 bits per heavy atom. The lowest BCUT2D eigenvalue weighted by atomic mass is 10.2. The molecule has 25 heavy (non-hydrogen) atoms. The van der Waals surface area contributed by atoms with Crippen molar-refractivity contribution >= 4 is 29.1 Å². The van der Waals surface area contributed by atoms with Gasteiger partial charge in [-0.25, -0.2) is 4.79 Å². The minimum Gasteiger partial charge on any atom is -0.481 e. The highest BCUT2D eigenvalue weighted by molar-refractivity contribution is 7.07. The van der Waals surface area contributed by atoms with Gasteiger partial charge in [0.1, 0.15) is 5.75 Å². The van der Waals surface area contributed by atoms with E-state index in [4.69, 9.17) is 15.2 Å². The average Bonchev–Trinajstić information content (AvgIpc) is 3.10. The van der Waals surface area contributed by atoms with Gasteiger partial charge in [-0.2, -0.15) is 11.3 Å². The van der Waals surface area contributed by atoms with Gasteiger partial charge in [-0.05, 0) is 34.5 Å². The number of hydrogen-bond donors (Lipinski definition) is 1. The fourth-order valence-corrected chi connectivity index (χ4v) is 2.63. The van der Waals surface area contributed by atoms with E-state index in [1.54, 1.807) is 30.5 Å². The molecule has 2 aromatic rings. The fourth-order valence-electron chi connectivity index (χ4n) is 1.97. The van der Waals surface area contributed by atoms with Crippen LogP contribution in [-0.2, 0) is 20.9 Å². The Morgan fingerprint density at radius 1 is 1.16 bits per heavy atom. The molecular formula is C17H18N2O5S. The molecule has 132 valence electrons. The number of primary amides is 1. The highest BCUT2D eigenvalue weighted by atomic mass is 32.1. The molecule has 1 aromatic heterocycles. The summed E-state index contributed by atoms with van der Waals surface area (Å²) in [6, 6.07) is 8.22. The van der Waals surface area contributed by atoms with Crippen molar-refractivity contribution in [3.63, 3.8) is 0 Å². The lowest BCUT2D eigenvalue weighted by Crippen LogP contribution is -2.31. The second-order valence-corrected chi connectivity index (χ2v) is 5.97. The zero-order chi connectivity index (χ0) is 18.2. The standard InChI is InChI=1S/C17H18N2O5S/c1-19(8-12-6-7-25-11-12)15(20)9-24-16(21)10-23-14-5-3-2-4-13(14)17(18)22/h2-7,11H,8-10H2,1H3,(H2,18,22). The predicted molar refractivity (Wildman–Crippen MR) is 92.2 cm³/mol. The Balaban J connectivity index is 1.77. The normalized spacial score (nSPS) is 10.1. The first kappa shape index (κ1) is 18.5. The number of ether oxygens (including phenoxy) is 2. The maximum atomic E-state index is 11.9.